The van der Waals surface area contributed by atoms with Crippen molar-refractivity contribution in [3.8, 4) is 11.5 Å². The molecule has 0 saturated heterocycles. The molecule has 0 aliphatic rings. The lowest BCUT2D eigenvalue weighted by Gasteiger charge is -2.43. The fraction of sp³-hybridized carbons (Fsp3) is 0.452. The number of hydrogen-bond donors (Lipinski definition) is 2. The number of rotatable bonds is 14. The third kappa shape index (κ3) is 7.55. The number of benzene rings is 2. The van der Waals surface area contributed by atoms with Crippen molar-refractivity contribution in [1.29, 1.82) is 0 Å². The van der Waals surface area contributed by atoms with Crippen LogP contribution in [0.3, 0.4) is 0 Å². The molecule has 1 heterocycles. The van der Waals surface area contributed by atoms with Gasteiger partial charge in [0.1, 0.15) is 6.04 Å². The molecule has 3 aromatic rings. The highest BCUT2D eigenvalue weighted by atomic mass is 16.4. The topological polar surface area (TPSA) is 126 Å². The standard InChI is InChI=1S/C31H40N4O5/c1-6-8-19-24(27(36)28(37)32-21(3)22-15-11-9-12-16-22)35(30(38)39)25(31(4,5)7-2)20-26-33-34-29(40-26)23-17-13-10-14-18-23/h9-18,21,24-25H,6-8,19-20H2,1-5H3,(H,32,37)(H,38,39)/t21-,24+,25-/m1/s1. The first-order valence-electron chi connectivity index (χ1n) is 13.9. The van der Waals surface area contributed by atoms with Gasteiger partial charge in [-0.15, -0.1) is 10.2 Å². The maximum absolute atomic E-state index is 13.7. The normalized spacial score (nSPS) is 13.7. The number of nitrogens with zero attached hydrogens (tertiary/aromatic N) is 3. The average Bonchev–Trinajstić information content (AvgIpc) is 3.43. The van der Waals surface area contributed by atoms with E-state index in [1.165, 1.54) is 0 Å². The summed E-state index contributed by atoms with van der Waals surface area (Å²) in [7, 11) is 0. The number of carbonyl (C=O) groups is 3. The predicted molar refractivity (Wildman–Crippen MR) is 152 cm³/mol. The number of hydrogen-bond acceptors (Lipinski definition) is 6. The van der Waals surface area contributed by atoms with Crippen LogP contribution in [-0.4, -0.2) is 50.1 Å². The zero-order chi connectivity index (χ0) is 29.3. The van der Waals surface area contributed by atoms with Gasteiger partial charge in [0, 0.05) is 18.0 Å². The third-order valence-corrected chi connectivity index (χ3v) is 7.57. The van der Waals surface area contributed by atoms with Crippen LogP contribution in [-0.2, 0) is 16.0 Å². The van der Waals surface area contributed by atoms with Crippen molar-refractivity contribution in [2.24, 2.45) is 5.41 Å². The molecule has 40 heavy (non-hydrogen) atoms. The molecule has 0 fully saturated rings. The molecule has 2 aromatic carbocycles. The first-order chi connectivity index (χ1) is 19.1. The molecule has 0 unspecified atom stereocenters. The van der Waals surface area contributed by atoms with Gasteiger partial charge in [0.15, 0.2) is 0 Å². The van der Waals surface area contributed by atoms with E-state index in [0.717, 1.165) is 22.4 Å². The van der Waals surface area contributed by atoms with Gasteiger partial charge >= 0.3 is 6.09 Å². The van der Waals surface area contributed by atoms with E-state index >= 15 is 0 Å². The monoisotopic (exact) mass is 548 g/mol. The van der Waals surface area contributed by atoms with Crippen LogP contribution in [0.1, 0.15) is 77.8 Å². The molecule has 0 saturated carbocycles. The summed E-state index contributed by atoms with van der Waals surface area (Å²) in [5.74, 6) is -0.981. The maximum Gasteiger partial charge on any atom is 0.408 e. The molecule has 9 nitrogen and oxygen atoms in total. The Bertz CT molecular complexity index is 1260. The van der Waals surface area contributed by atoms with Gasteiger partial charge in [-0.25, -0.2) is 4.79 Å². The van der Waals surface area contributed by atoms with Crippen molar-refractivity contribution in [2.75, 3.05) is 0 Å². The van der Waals surface area contributed by atoms with E-state index in [0.29, 0.717) is 18.7 Å². The van der Waals surface area contributed by atoms with Crippen LogP contribution in [0.2, 0.25) is 0 Å². The molecule has 0 radical (unpaired) electrons. The average molecular weight is 549 g/mol. The Morgan fingerprint density at radius 1 is 1.00 bits per heavy atom. The van der Waals surface area contributed by atoms with Crippen molar-refractivity contribution in [2.45, 2.75) is 84.8 Å². The van der Waals surface area contributed by atoms with Gasteiger partial charge in [0.05, 0.1) is 6.04 Å². The van der Waals surface area contributed by atoms with Crippen LogP contribution >= 0.6 is 0 Å². The summed E-state index contributed by atoms with van der Waals surface area (Å²) >= 11 is 0. The zero-order valence-electron chi connectivity index (χ0n) is 24.0. The number of unbranched alkanes of at least 4 members (excludes halogenated alkanes) is 1. The summed E-state index contributed by atoms with van der Waals surface area (Å²) in [6.45, 7) is 9.61. The molecule has 3 rings (SSSR count). The van der Waals surface area contributed by atoms with Crippen molar-refractivity contribution in [3.63, 3.8) is 0 Å². The SMILES string of the molecule is CCCC[C@@H](C(=O)C(=O)N[C@H](C)c1ccccc1)N(C(=O)O)[C@H](Cc1nnc(-c2ccccc2)o1)C(C)(C)CC. The van der Waals surface area contributed by atoms with Crippen LogP contribution in [0.15, 0.2) is 65.1 Å². The Morgan fingerprint density at radius 3 is 2.20 bits per heavy atom. The van der Waals surface area contributed by atoms with Crippen LogP contribution in [0.4, 0.5) is 4.79 Å². The first kappa shape index (κ1) is 30.5. The minimum atomic E-state index is -1.27. The molecule has 2 N–H and O–H groups in total. The summed E-state index contributed by atoms with van der Waals surface area (Å²) in [6.07, 6.45) is 1.00. The Hall–Kier alpha value is -4.01. The highest BCUT2D eigenvalue weighted by Crippen LogP contribution is 2.34. The number of amides is 2. The van der Waals surface area contributed by atoms with Crippen molar-refractivity contribution < 1.29 is 23.9 Å². The summed E-state index contributed by atoms with van der Waals surface area (Å²) in [4.78, 5) is 40.9. The fourth-order valence-corrected chi connectivity index (χ4v) is 4.71. The molecule has 2 amide bonds. The molecular formula is C31H40N4O5. The van der Waals surface area contributed by atoms with E-state index < -0.39 is 41.3 Å². The first-order valence-corrected chi connectivity index (χ1v) is 13.9. The molecule has 0 spiro atoms. The molecule has 0 bridgehead atoms. The lowest BCUT2D eigenvalue weighted by Crippen LogP contribution is -2.58. The van der Waals surface area contributed by atoms with Crippen LogP contribution in [0.5, 0.6) is 0 Å². The molecular weight excluding hydrogens is 508 g/mol. The Kier molecular flexibility index (Phi) is 10.6. The van der Waals surface area contributed by atoms with Gasteiger partial charge in [-0.2, -0.15) is 0 Å². The summed E-state index contributed by atoms with van der Waals surface area (Å²) < 4.78 is 5.93. The second kappa shape index (κ2) is 13.9. The molecule has 9 heteroatoms. The number of aromatic nitrogens is 2. The van der Waals surface area contributed by atoms with Gasteiger partial charge < -0.3 is 14.8 Å². The van der Waals surface area contributed by atoms with Crippen LogP contribution < -0.4 is 5.32 Å². The lowest BCUT2D eigenvalue weighted by molar-refractivity contribution is -0.142. The van der Waals surface area contributed by atoms with E-state index in [2.05, 4.69) is 15.5 Å². The highest BCUT2D eigenvalue weighted by molar-refractivity contribution is 6.38. The lowest BCUT2D eigenvalue weighted by atomic mass is 9.78. The Morgan fingerprint density at radius 2 is 1.62 bits per heavy atom. The van der Waals surface area contributed by atoms with E-state index in [-0.39, 0.29) is 18.7 Å². The van der Waals surface area contributed by atoms with Crippen LogP contribution in [0.25, 0.3) is 11.5 Å². The number of Topliss-reactive ketones (excluding diaryl/α,β-unsaturated/α-hetero) is 1. The third-order valence-electron chi connectivity index (χ3n) is 7.57. The summed E-state index contributed by atoms with van der Waals surface area (Å²) in [5, 5.41) is 21.6. The van der Waals surface area contributed by atoms with E-state index in [1.807, 2.05) is 88.4 Å². The summed E-state index contributed by atoms with van der Waals surface area (Å²) in [6, 6.07) is 16.3. The minimum Gasteiger partial charge on any atom is -0.465 e. The number of carbonyl (C=O) groups excluding carboxylic acids is 2. The second-order valence-corrected chi connectivity index (χ2v) is 10.7. The minimum absolute atomic E-state index is 0.102. The van der Waals surface area contributed by atoms with Gasteiger partial charge in [0.25, 0.3) is 5.91 Å². The number of carboxylic acid groups (broad SMARTS) is 1. The molecule has 0 aliphatic carbocycles. The van der Waals surface area contributed by atoms with Gasteiger partial charge in [-0.05, 0) is 42.9 Å². The fourth-order valence-electron chi connectivity index (χ4n) is 4.71. The zero-order valence-corrected chi connectivity index (χ0v) is 24.0. The smallest absolute Gasteiger partial charge is 0.408 e. The quantitative estimate of drug-likeness (QED) is 0.234. The van der Waals surface area contributed by atoms with E-state index in [1.54, 1.807) is 6.92 Å². The maximum atomic E-state index is 13.7. The van der Waals surface area contributed by atoms with Gasteiger partial charge in [-0.1, -0.05) is 89.1 Å². The Labute approximate surface area is 236 Å². The highest BCUT2D eigenvalue weighted by Gasteiger charge is 2.44. The molecule has 1 aromatic heterocycles. The molecule has 0 aliphatic heterocycles. The molecule has 3 atom stereocenters. The van der Waals surface area contributed by atoms with Crippen LogP contribution in [0, 0.1) is 5.41 Å². The van der Waals surface area contributed by atoms with Gasteiger partial charge in [0.2, 0.25) is 17.6 Å². The number of ketones is 1. The van der Waals surface area contributed by atoms with Gasteiger partial charge in [-0.3, -0.25) is 14.5 Å². The predicted octanol–water partition coefficient (Wildman–Crippen LogP) is 6.07. The van der Waals surface area contributed by atoms with Crippen molar-refractivity contribution in [3.05, 3.63) is 72.1 Å². The second-order valence-electron chi connectivity index (χ2n) is 10.7. The van der Waals surface area contributed by atoms with E-state index in [4.69, 9.17) is 4.42 Å². The number of nitrogens with one attached hydrogen (secondary N) is 1. The summed E-state index contributed by atoms with van der Waals surface area (Å²) in [5.41, 5.74) is 1.03. The molecule has 214 valence electrons. The van der Waals surface area contributed by atoms with Crippen molar-refractivity contribution in [1.82, 2.24) is 20.4 Å². The van der Waals surface area contributed by atoms with E-state index in [9.17, 15) is 19.5 Å². The van der Waals surface area contributed by atoms with Crippen molar-refractivity contribution >= 4 is 17.8 Å². The largest absolute Gasteiger partial charge is 0.465 e. The Balaban J connectivity index is 1.94.